The van der Waals surface area contributed by atoms with Crippen LogP contribution in [-0.2, 0) is 48.7 Å². The van der Waals surface area contributed by atoms with Crippen LogP contribution in [0.5, 0.6) is 0 Å². The molecule has 5 aliphatic carbocycles. The second-order valence-corrected chi connectivity index (χ2v) is 35.7. The first-order chi connectivity index (χ1) is 42.7. The van der Waals surface area contributed by atoms with E-state index in [2.05, 4.69) is 285 Å². The van der Waals surface area contributed by atoms with Crippen LogP contribution in [0.15, 0.2) is 144 Å². The van der Waals surface area contributed by atoms with Gasteiger partial charge >= 0.3 is 0 Å². The van der Waals surface area contributed by atoms with E-state index in [9.17, 15) is 0 Å². The predicted octanol–water partition coefficient (Wildman–Crippen LogP) is 22.0. The van der Waals surface area contributed by atoms with Crippen LogP contribution in [0.2, 0.25) is 0 Å². The minimum atomic E-state index is -0.227. The zero-order valence-electron chi connectivity index (χ0n) is 58.3. The minimum Gasteiger partial charge on any atom is -0.468 e. The molecule has 0 radical (unpaired) electrons. The summed E-state index contributed by atoms with van der Waals surface area (Å²) >= 11 is 0. The molecule has 0 N–H and O–H groups in total. The van der Waals surface area contributed by atoms with Crippen LogP contribution in [0.4, 0.5) is 34.1 Å². The molecule has 464 valence electrons. The Bertz CT molecular complexity index is 4680. The van der Waals surface area contributed by atoms with Gasteiger partial charge in [0, 0.05) is 44.5 Å². The fourth-order valence-corrected chi connectivity index (χ4v) is 18.1. The Labute approximate surface area is 543 Å². The third kappa shape index (κ3) is 8.59. The maximum absolute atomic E-state index is 8.07. The van der Waals surface area contributed by atoms with Crippen LogP contribution in [0, 0.1) is 0 Å². The molecular formula is C86H96BN3O. The Morgan fingerprint density at radius 3 is 1.44 bits per heavy atom. The standard InChI is InChI=1S/C86H96BN3O/c1-78(2,3)52-27-32-68(59(41-52)51-23-21-20-22-24-51)90-73-46-56(89-69-42-53(79(4,5)6)25-29-57(69)58-30-26-54(43-70(58)89)80(7,8)9)45-72-75(73)87(77-76(90)60-47-65-66(50-74(60)91-77)86(19)39-37-85(65,18)38-40-86)67-48-63-64(84(16,17)36-35-83(63,14)15)49-71(67)88(72)55-28-31-61-62(44-55)82(12,13)34-33-81(61,10)11/h20-32,41-50H,33-40H2,1-19H3. The number of aromatic nitrogens is 1. The molecule has 91 heavy (non-hydrogen) atoms. The topological polar surface area (TPSA) is 24.6 Å². The van der Waals surface area contributed by atoms with Gasteiger partial charge in [-0.1, -0.05) is 204 Å². The van der Waals surface area contributed by atoms with Crippen molar-refractivity contribution in [3.8, 4) is 16.8 Å². The van der Waals surface area contributed by atoms with E-state index >= 15 is 0 Å². The van der Waals surface area contributed by atoms with Crippen molar-refractivity contribution in [2.75, 3.05) is 9.80 Å². The molecule has 4 heterocycles. The van der Waals surface area contributed by atoms with Crippen LogP contribution in [0.3, 0.4) is 0 Å². The van der Waals surface area contributed by atoms with Gasteiger partial charge in [0.15, 0.2) is 0 Å². The Morgan fingerprint density at radius 1 is 0.385 bits per heavy atom. The molecule has 17 rings (SSSR count). The number of fused-ring (bicyclic) bond motifs is 13. The molecule has 10 aromatic rings. The SMILES string of the molecule is CC(C)(C)c1ccc(N2c3cc(-n4c5cc(C(C)(C)C)ccc5c5ccc(C(C)(C)C)cc54)cc4c3B(c3cc5c(cc3N4c3ccc4c(c3)C(C)(C)CCC4(C)C)C(C)(C)CCC5(C)C)c3oc4cc5c(cc4c32)C2(C)CCC5(C)CC2)c(-c2ccccc2)c1. The number of hydrogen-bond donors (Lipinski definition) is 0. The fraction of sp³-hybridized carbons (Fsp3) is 0.419. The van der Waals surface area contributed by atoms with Gasteiger partial charge in [-0.2, -0.15) is 0 Å². The highest BCUT2D eigenvalue weighted by Crippen LogP contribution is 2.60. The van der Waals surface area contributed by atoms with E-state index in [1.807, 2.05) is 0 Å². The molecule has 0 atom stereocenters. The van der Waals surface area contributed by atoms with E-state index in [4.69, 9.17) is 4.42 Å². The lowest BCUT2D eigenvalue weighted by Crippen LogP contribution is -2.61. The lowest BCUT2D eigenvalue weighted by atomic mass is 9.35. The van der Waals surface area contributed by atoms with Crippen molar-refractivity contribution < 1.29 is 4.42 Å². The molecule has 2 aliphatic heterocycles. The molecule has 2 bridgehead atoms. The third-order valence-corrected chi connectivity index (χ3v) is 24.6. The summed E-state index contributed by atoms with van der Waals surface area (Å²) in [5.74, 6) is 0. The highest BCUT2D eigenvalue weighted by molar-refractivity contribution is 7.00. The number of benzene rings is 8. The Kier molecular flexibility index (Phi) is 12.1. The van der Waals surface area contributed by atoms with Gasteiger partial charge in [-0.3, -0.25) is 0 Å². The summed E-state index contributed by atoms with van der Waals surface area (Å²) in [5, 5.41) is 3.76. The minimum absolute atomic E-state index is 0.0105. The van der Waals surface area contributed by atoms with Gasteiger partial charge in [0.05, 0.1) is 33.8 Å². The van der Waals surface area contributed by atoms with Crippen molar-refractivity contribution in [2.45, 2.75) is 232 Å². The second-order valence-electron chi connectivity index (χ2n) is 35.7. The molecule has 0 saturated heterocycles. The first kappa shape index (κ1) is 58.8. The number of anilines is 6. The third-order valence-electron chi connectivity index (χ3n) is 24.6. The molecule has 8 aromatic carbocycles. The molecule has 5 heteroatoms. The van der Waals surface area contributed by atoms with Crippen molar-refractivity contribution >= 4 is 90.2 Å². The van der Waals surface area contributed by atoms with Gasteiger partial charge < -0.3 is 18.8 Å². The summed E-state index contributed by atoms with van der Waals surface area (Å²) in [6, 6.07) is 56.8. The van der Waals surface area contributed by atoms with Crippen molar-refractivity contribution in [3.05, 3.63) is 190 Å². The molecule has 4 nitrogen and oxygen atoms in total. The number of furan rings is 1. The summed E-state index contributed by atoms with van der Waals surface area (Å²) < 4.78 is 10.7. The van der Waals surface area contributed by atoms with Crippen molar-refractivity contribution in [3.63, 3.8) is 0 Å². The monoisotopic (exact) mass is 1200 g/mol. The highest BCUT2D eigenvalue weighted by atomic mass is 16.3. The smallest absolute Gasteiger partial charge is 0.297 e. The first-order valence-corrected chi connectivity index (χ1v) is 34.7. The molecule has 1 fully saturated rings. The van der Waals surface area contributed by atoms with Crippen molar-refractivity contribution in [1.29, 1.82) is 0 Å². The van der Waals surface area contributed by atoms with E-state index in [0.29, 0.717) is 0 Å². The maximum atomic E-state index is 8.07. The number of hydrogen-bond acceptors (Lipinski definition) is 3. The largest absolute Gasteiger partial charge is 0.468 e. The predicted molar refractivity (Wildman–Crippen MR) is 390 cm³/mol. The van der Waals surface area contributed by atoms with Crippen LogP contribution in [0.1, 0.15) is 233 Å². The van der Waals surface area contributed by atoms with E-state index in [1.165, 1.54) is 160 Å². The molecule has 1 saturated carbocycles. The lowest BCUT2D eigenvalue weighted by Gasteiger charge is -2.52. The molecular weight excluding hydrogens is 1100 g/mol. The molecule has 0 amide bonds. The maximum Gasteiger partial charge on any atom is 0.297 e. The zero-order valence-corrected chi connectivity index (χ0v) is 58.3. The molecule has 7 aliphatic rings. The summed E-state index contributed by atoms with van der Waals surface area (Å²) in [7, 11) is 0. The lowest BCUT2D eigenvalue weighted by molar-refractivity contribution is 0.188. The van der Waals surface area contributed by atoms with E-state index in [0.717, 1.165) is 41.9 Å². The zero-order chi connectivity index (χ0) is 64.0. The summed E-state index contributed by atoms with van der Waals surface area (Å²) in [5.41, 5.74) is 30.8. The average Bonchev–Trinajstić information content (AvgIpc) is 1.67. The van der Waals surface area contributed by atoms with Crippen LogP contribution in [-0.4, -0.2) is 11.3 Å². The van der Waals surface area contributed by atoms with E-state index < -0.39 is 0 Å². The Balaban J connectivity index is 1.12. The van der Waals surface area contributed by atoms with E-state index in [-0.39, 0.29) is 55.4 Å². The normalized spacial score (nSPS) is 21.6. The summed E-state index contributed by atoms with van der Waals surface area (Å²) in [4.78, 5) is 5.48. The van der Waals surface area contributed by atoms with E-state index in [1.54, 1.807) is 0 Å². The summed E-state index contributed by atoms with van der Waals surface area (Å²) in [6.45, 7) is 46.1. The Morgan fingerprint density at radius 2 is 0.879 bits per heavy atom. The van der Waals surface area contributed by atoms with Gasteiger partial charge in [0.2, 0.25) is 0 Å². The van der Waals surface area contributed by atoms with Gasteiger partial charge in [-0.05, 0) is 233 Å². The first-order valence-electron chi connectivity index (χ1n) is 34.7. The van der Waals surface area contributed by atoms with Crippen LogP contribution >= 0.6 is 0 Å². The van der Waals surface area contributed by atoms with Crippen LogP contribution < -0.4 is 26.4 Å². The summed E-state index contributed by atoms with van der Waals surface area (Å²) in [6.07, 6.45) is 9.41. The van der Waals surface area contributed by atoms with Gasteiger partial charge in [0.1, 0.15) is 5.58 Å². The van der Waals surface area contributed by atoms with Crippen molar-refractivity contribution in [2.24, 2.45) is 0 Å². The number of rotatable bonds is 4. The highest BCUT2D eigenvalue weighted by Gasteiger charge is 2.53. The quantitative estimate of drug-likeness (QED) is 0.164. The van der Waals surface area contributed by atoms with Crippen molar-refractivity contribution in [1.82, 2.24) is 4.57 Å². The average molecular weight is 1200 g/mol. The molecule has 0 spiro atoms. The Hall–Kier alpha value is -7.24. The number of nitrogens with zero attached hydrogens (tertiary/aromatic N) is 3. The van der Waals surface area contributed by atoms with Gasteiger partial charge in [-0.15, -0.1) is 0 Å². The fourth-order valence-electron chi connectivity index (χ4n) is 18.1. The van der Waals surface area contributed by atoms with Crippen LogP contribution in [0.25, 0.3) is 49.6 Å². The second kappa shape index (κ2) is 18.8. The molecule has 0 unspecified atom stereocenters. The molecule has 2 aromatic heterocycles. The van der Waals surface area contributed by atoms with Gasteiger partial charge in [0.25, 0.3) is 6.71 Å². The van der Waals surface area contributed by atoms with Gasteiger partial charge in [-0.25, -0.2) is 0 Å².